The Morgan fingerprint density at radius 2 is 1.67 bits per heavy atom. The maximum Gasteiger partial charge on any atom is 0.481 e. The molecule has 1 saturated heterocycles. The van der Waals surface area contributed by atoms with Crippen LogP contribution in [0.1, 0.15) is 46.3 Å². The number of rotatable bonds is 23. The molecule has 0 spiro atoms. The number of carboxylic acids is 1. The second-order valence-corrected chi connectivity index (χ2v) is 18.8. The van der Waals surface area contributed by atoms with Gasteiger partial charge in [0.15, 0.2) is 28.4 Å². The molecular formula is C27H44N7O20P3S. The third-order valence-electron chi connectivity index (χ3n) is 8.04. The Morgan fingerprint density at radius 3 is 2.31 bits per heavy atom. The molecule has 2 aromatic rings. The normalized spacial score (nSPS) is 22.4. The molecule has 0 aliphatic carbocycles. The number of amides is 2. The lowest BCUT2D eigenvalue weighted by Gasteiger charge is -2.30. The number of anilines is 1. The number of aliphatic carboxylic acids is 1. The van der Waals surface area contributed by atoms with Crippen molar-refractivity contribution in [3.05, 3.63) is 12.7 Å². The second-order valence-electron chi connectivity index (χ2n) is 13.4. The Balaban J connectivity index is 1.46. The van der Waals surface area contributed by atoms with Crippen LogP contribution in [0.25, 0.3) is 11.2 Å². The fourth-order valence-electron chi connectivity index (χ4n) is 4.82. The fraction of sp³-hybridized carbons (Fsp3) is 0.667. The molecule has 0 aromatic carbocycles. The molecule has 27 nitrogen and oxygen atoms in total. The summed E-state index contributed by atoms with van der Waals surface area (Å²) in [6.45, 7) is 1.18. The van der Waals surface area contributed by atoms with Crippen LogP contribution in [0.5, 0.6) is 0 Å². The lowest BCUT2D eigenvalue weighted by atomic mass is 9.87. The summed E-state index contributed by atoms with van der Waals surface area (Å²) in [6, 6.07) is 0. The van der Waals surface area contributed by atoms with Crippen molar-refractivity contribution in [2.45, 2.75) is 76.3 Å². The van der Waals surface area contributed by atoms with E-state index in [1.54, 1.807) is 0 Å². The number of nitrogens with two attached hydrogens (primary N) is 1. The number of phosphoric ester groups is 3. The largest absolute Gasteiger partial charge is 0.481 e. The number of imidazole rings is 1. The number of hydrogen-bond donors (Lipinski definition) is 11. The lowest BCUT2D eigenvalue weighted by Crippen LogP contribution is -2.46. The summed E-state index contributed by atoms with van der Waals surface area (Å²) in [6.07, 6.45) is -7.66. The smallest absolute Gasteiger partial charge is 0.479 e. The molecule has 0 bridgehead atoms. The van der Waals surface area contributed by atoms with Crippen LogP contribution in [-0.4, -0.2) is 144 Å². The Hall–Kier alpha value is -3.01. The van der Waals surface area contributed by atoms with E-state index < -0.39 is 101 Å². The van der Waals surface area contributed by atoms with Crippen molar-refractivity contribution in [1.82, 2.24) is 30.2 Å². The molecule has 2 aromatic heterocycles. The number of aromatic nitrogens is 4. The van der Waals surface area contributed by atoms with Crippen LogP contribution in [0.2, 0.25) is 0 Å². The number of carbonyl (C=O) groups is 4. The number of nitrogens with zero attached hydrogens (tertiary/aromatic N) is 4. The molecule has 0 radical (unpaired) electrons. The van der Waals surface area contributed by atoms with E-state index >= 15 is 0 Å². The van der Waals surface area contributed by atoms with Crippen molar-refractivity contribution >= 4 is 75.1 Å². The van der Waals surface area contributed by atoms with Gasteiger partial charge in [-0.3, -0.25) is 32.5 Å². The molecule has 0 saturated carbocycles. The molecule has 1 aliphatic rings. The van der Waals surface area contributed by atoms with E-state index in [0.717, 1.165) is 35.9 Å². The number of fused-ring (bicyclic) bond motifs is 1. The highest BCUT2D eigenvalue weighted by atomic mass is 32.2. The number of carbonyl (C=O) groups excluding carboxylic acids is 3. The first-order chi connectivity index (χ1) is 26.6. The minimum Gasteiger partial charge on any atom is -0.479 e. The van der Waals surface area contributed by atoms with Crippen LogP contribution < -0.4 is 16.4 Å². The van der Waals surface area contributed by atoms with Gasteiger partial charge in [-0.1, -0.05) is 25.6 Å². The first-order valence-corrected chi connectivity index (χ1v) is 22.2. The summed E-state index contributed by atoms with van der Waals surface area (Å²) in [4.78, 5) is 98.3. The molecule has 1 fully saturated rings. The number of hydrogen-bond acceptors (Lipinski definition) is 20. The quantitative estimate of drug-likeness (QED) is 0.0436. The third-order valence-corrected chi connectivity index (χ3v) is 12.1. The topological polar surface area (TPSA) is 421 Å². The van der Waals surface area contributed by atoms with Gasteiger partial charge in [-0.25, -0.2) is 33.4 Å². The molecule has 3 heterocycles. The highest BCUT2D eigenvalue weighted by molar-refractivity contribution is 8.13. The molecule has 12 N–H and O–H groups in total. The van der Waals surface area contributed by atoms with Gasteiger partial charge in [0, 0.05) is 37.1 Å². The summed E-state index contributed by atoms with van der Waals surface area (Å²) in [7, 11) is -16.5. The SMILES string of the molecule is CC(O)(CCC(=O)SCCNC(=O)CCNC(=O)C(O)C(C)(C)COP(=O)(O)OP(=O)(O)OC[C@H]1O[C@@H](n2cnc3c(N)ncnc32)[C@H](O)[C@@H]1OP(=O)(O)O)C(=O)O. The standard InChI is InChI=1S/C27H44N7O20P3S/c1-26(2,20(38)23(39)30-7-5-15(35)29-8-9-58-16(36)4-6-27(3,42)25(40)41)11-51-57(48,49)54-56(46,47)50-10-14-19(53-55(43,44)45)18(37)24(52-14)34-13-33-17-21(28)31-12-32-22(17)34/h12-14,18-20,24,37-38,42H,4-11H2,1-3H3,(H,29,35)(H,30,39)(H,40,41)(H,46,47)(H,48,49)(H2,28,31,32)(H2,43,44,45)/t14-,18-,19-,20?,24-,27?/m1/s1. The lowest BCUT2D eigenvalue weighted by molar-refractivity contribution is -0.157. The van der Waals surface area contributed by atoms with Crippen LogP contribution in [0, 0.1) is 5.41 Å². The number of nitrogen functional groups attached to an aromatic ring is 1. The molecule has 3 rings (SSSR count). The predicted octanol–water partition coefficient (Wildman–Crippen LogP) is -1.72. The average Bonchev–Trinajstić information content (AvgIpc) is 3.67. The summed E-state index contributed by atoms with van der Waals surface area (Å²) in [5, 5.41) is 44.3. The number of carboxylic acid groups (broad SMARTS) is 1. The number of aliphatic hydroxyl groups excluding tert-OH is 2. The zero-order chi connectivity index (χ0) is 43.9. The van der Waals surface area contributed by atoms with Crippen molar-refractivity contribution < 1.29 is 95.5 Å². The van der Waals surface area contributed by atoms with E-state index in [1.807, 2.05) is 0 Å². The van der Waals surface area contributed by atoms with Gasteiger partial charge in [0.05, 0.1) is 19.5 Å². The summed E-state index contributed by atoms with van der Waals surface area (Å²) in [5.41, 5.74) is 2.12. The van der Waals surface area contributed by atoms with Crippen LogP contribution in [0.15, 0.2) is 12.7 Å². The minimum absolute atomic E-state index is 0.0152. The van der Waals surface area contributed by atoms with Gasteiger partial charge in [0.1, 0.15) is 36.3 Å². The van der Waals surface area contributed by atoms with E-state index in [9.17, 15) is 67.8 Å². The molecule has 31 heteroatoms. The van der Waals surface area contributed by atoms with Crippen LogP contribution in [0.4, 0.5) is 5.82 Å². The van der Waals surface area contributed by atoms with Gasteiger partial charge in [-0.15, -0.1) is 0 Å². The van der Waals surface area contributed by atoms with Crippen molar-refractivity contribution in [1.29, 1.82) is 0 Å². The van der Waals surface area contributed by atoms with E-state index in [1.165, 1.54) is 13.8 Å². The zero-order valence-electron chi connectivity index (χ0n) is 30.8. The van der Waals surface area contributed by atoms with Gasteiger partial charge >= 0.3 is 29.4 Å². The van der Waals surface area contributed by atoms with Gasteiger partial charge in [-0.05, 0) is 13.3 Å². The van der Waals surface area contributed by atoms with E-state index in [2.05, 4.69) is 34.4 Å². The molecular weight excluding hydrogens is 867 g/mol. The Labute approximate surface area is 332 Å². The summed E-state index contributed by atoms with van der Waals surface area (Å²) >= 11 is 0.819. The van der Waals surface area contributed by atoms with E-state index in [0.29, 0.717) is 0 Å². The maximum atomic E-state index is 12.7. The summed E-state index contributed by atoms with van der Waals surface area (Å²) < 4.78 is 62.0. The fourth-order valence-corrected chi connectivity index (χ4v) is 8.33. The number of phosphoric acid groups is 3. The average molecular weight is 912 g/mol. The molecule has 328 valence electrons. The highest BCUT2D eigenvalue weighted by Gasteiger charge is 2.50. The third kappa shape index (κ3) is 14.6. The van der Waals surface area contributed by atoms with Crippen molar-refractivity contribution in [3.8, 4) is 0 Å². The second kappa shape index (κ2) is 20.0. The van der Waals surface area contributed by atoms with Gasteiger partial charge in [0.2, 0.25) is 11.8 Å². The maximum absolute atomic E-state index is 12.7. The zero-order valence-corrected chi connectivity index (χ0v) is 34.3. The first-order valence-electron chi connectivity index (χ1n) is 16.6. The van der Waals surface area contributed by atoms with E-state index in [-0.39, 0.29) is 55.1 Å². The van der Waals surface area contributed by atoms with Gasteiger partial charge in [0.25, 0.3) is 0 Å². The Bertz CT molecular complexity index is 1950. The predicted molar refractivity (Wildman–Crippen MR) is 195 cm³/mol. The first kappa shape index (κ1) is 49.4. The number of ether oxygens (including phenoxy) is 1. The molecule has 8 atom stereocenters. The summed E-state index contributed by atoms with van der Waals surface area (Å²) in [5.74, 6) is -2.96. The highest BCUT2D eigenvalue weighted by Crippen LogP contribution is 2.61. The number of aliphatic hydroxyl groups is 3. The Morgan fingerprint density at radius 1 is 1.02 bits per heavy atom. The Kier molecular flexibility index (Phi) is 17.0. The van der Waals surface area contributed by atoms with E-state index in [4.69, 9.17) is 24.6 Å². The minimum atomic E-state index is -5.60. The van der Waals surface area contributed by atoms with Crippen LogP contribution in [0.3, 0.4) is 0 Å². The number of nitrogens with one attached hydrogen (secondary N) is 2. The molecule has 1 aliphatic heterocycles. The van der Waals surface area contributed by atoms with Gasteiger partial charge in [-0.2, -0.15) is 4.31 Å². The molecule has 2 amide bonds. The molecule has 4 unspecified atom stereocenters. The monoisotopic (exact) mass is 911 g/mol. The van der Waals surface area contributed by atoms with Crippen molar-refractivity contribution in [2.24, 2.45) is 5.41 Å². The van der Waals surface area contributed by atoms with Crippen LogP contribution >= 0.6 is 35.2 Å². The number of thioether (sulfide) groups is 1. The molecule has 58 heavy (non-hydrogen) atoms. The van der Waals surface area contributed by atoms with Crippen molar-refractivity contribution in [3.63, 3.8) is 0 Å². The van der Waals surface area contributed by atoms with Crippen LogP contribution in [-0.2, 0) is 55.5 Å². The van der Waals surface area contributed by atoms with Gasteiger partial charge < -0.3 is 61.1 Å². The van der Waals surface area contributed by atoms with Crippen molar-refractivity contribution in [2.75, 3.05) is 37.8 Å².